The fourth-order valence-electron chi connectivity index (χ4n) is 1.43. The summed E-state index contributed by atoms with van der Waals surface area (Å²) in [6.07, 6.45) is 1.56. The predicted molar refractivity (Wildman–Crippen MR) is 68.4 cm³/mol. The van der Waals surface area contributed by atoms with Gasteiger partial charge in [-0.3, -0.25) is 4.79 Å². The quantitative estimate of drug-likeness (QED) is 0.816. The summed E-state index contributed by atoms with van der Waals surface area (Å²) in [7, 11) is 1.52. The minimum atomic E-state index is -0.0433. The summed E-state index contributed by atoms with van der Waals surface area (Å²) < 4.78 is 5.93. The van der Waals surface area contributed by atoms with Crippen LogP contribution in [0, 0.1) is 0 Å². The van der Waals surface area contributed by atoms with Crippen molar-refractivity contribution >= 4 is 21.7 Å². The Balaban J connectivity index is 2.33. The molecule has 0 radical (unpaired) electrons. The molecule has 0 spiro atoms. The van der Waals surface area contributed by atoms with Crippen LogP contribution in [-0.2, 0) is 0 Å². The molecule has 4 heteroatoms. The van der Waals surface area contributed by atoms with Crippen molar-refractivity contribution in [3.8, 4) is 5.88 Å². The Morgan fingerprint density at radius 3 is 2.53 bits per heavy atom. The third-order valence-corrected chi connectivity index (χ3v) is 2.84. The van der Waals surface area contributed by atoms with Crippen molar-refractivity contribution in [2.24, 2.45) is 0 Å². The number of benzene rings is 1. The number of ketones is 1. The number of pyridine rings is 1. The molecule has 86 valence electrons. The average molecular weight is 292 g/mol. The van der Waals surface area contributed by atoms with Crippen molar-refractivity contribution in [2.45, 2.75) is 0 Å². The molecule has 0 atom stereocenters. The Kier molecular flexibility index (Phi) is 3.54. The standard InChI is InChI=1S/C13H10BrNO2/c1-17-12-8-10(6-7-15-12)13(16)9-2-4-11(14)5-3-9/h2-8H,1H3. The molecule has 17 heavy (non-hydrogen) atoms. The van der Waals surface area contributed by atoms with Crippen molar-refractivity contribution in [3.63, 3.8) is 0 Å². The molecule has 0 saturated carbocycles. The van der Waals surface area contributed by atoms with Gasteiger partial charge in [-0.25, -0.2) is 4.98 Å². The number of ether oxygens (including phenoxy) is 1. The van der Waals surface area contributed by atoms with Crippen LogP contribution in [0.5, 0.6) is 5.88 Å². The Bertz CT molecular complexity index is 537. The maximum Gasteiger partial charge on any atom is 0.213 e. The van der Waals surface area contributed by atoms with Crippen LogP contribution < -0.4 is 4.74 Å². The van der Waals surface area contributed by atoms with E-state index in [0.717, 1.165) is 4.47 Å². The topological polar surface area (TPSA) is 39.2 Å². The van der Waals surface area contributed by atoms with Crippen molar-refractivity contribution < 1.29 is 9.53 Å². The van der Waals surface area contributed by atoms with E-state index in [-0.39, 0.29) is 5.78 Å². The molecule has 0 amide bonds. The van der Waals surface area contributed by atoms with Crippen molar-refractivity contribution in [2.75, 3.05) is 7.11 Å². The summed E-state index contributed by atoms with van der Waals surface area (Å²) in [5, 5.41) is 0. The Morgan fingerprint density at radius 2 is 1.88 bits per heavy atom. The lowest BCUT2D eigenvalue weighted by atomic mass is 10.0. The Morgan fingerprint density at radius 1 is 1.18 bits per heavy atom. The van der Waals surface area contributed by atoms with Gasteiger partial charge in [0, 0.05) is 27.9 Å². The van der Waals surface area contributed by atoms with Gasteiger partial charge in [-0.15, -0.1) is 0 Å². The number of carbonyl (C=O) groups is 1. The summed E-state index contributed by atoms with van der Waals surface area (Å²) in [6, 6.07) is 10.5. The zero-order valence-corrected chi connectivity index (χ0v) is 10.8. The maximum absolute atomic E-state index is 12.1. The molecule has 0 saturated heterocycles. The number of rotatable bonds is 3. The van der Waals surface area contributed by atoms with E-state index in [1.807, 2.05) is 12.1 Å². The predicted octanol–water partition coefficient (Wildman–Crippen LogP) is 3.08. The first-order chi connectivity index (χ1) is 8.20. The molecule has 2 rings (SSSR count). The van der Waals surface area contributed by atoms with E-state index in [1.165, 1.54) is 7.11 Å². The third-order valence-electron chi connectivity index (χ3n) is 2.31. The molecule has 0 N–H and O–H groups in total. The van der Waals surface area contributed by atoms with Gasteiger partial charge < -0.3 is 4.74 Å². The normalized spacial score (nSPS) is 10.0. The van der Waals surface area contributed by atoms with Crippen LogP contribution in [0.1, 0.15) is 15.9 Å². The second-order valence-corrected chi connectivity index (χ2v) is 4.34. The molecule has 0 aliphatic heterocycles. The highest BCUT2D eigenvalue weighted by Crippen LogP contribution is 2.16. The summed E-state index contributed by atoms with van der Waals surface area (Å²) in [6.45, 7) is 0. The smallest absolute Gasteiger partial charge is 0.213 e. The van der Waals surface area contributed by atoms with Gasteiger partial charge in [-0.2, -0.15) is 0 Å². The van der Waals surface area contributed by atoms with Crippen LogP contribution in [-0.4, -0.2) is 17.9 Å². The number of nitrogens with zero attached hydrogens (tertiary/aromatic N) is 1. The van der Waals surface area contributed by atoms with Crippen LogP contribution in [0.15, 0.2) is 47.1 Å². The van der Waals surface area contributed by atoms with Crippen LogP contribution in [0.25, 0.3) is 0 Å². The summed E-state index contributed by atoms with van der Waals surface area (Å²) >= 11 is 3.33. The van der Waals surface area contributed by atoms with Gasteiger partial charge in [0.2, 0.25) is 5.88 Å². The van der Waals surface area contributed by atoms with Crippen molar-refractivity contribution in [1.29, 1.82) is 0 Å². The van der Waals surface area contributed by atoms with Gasteiger partial charge in [-0.05, 0) is 30.3 Å². The molecule has 1 aromatic carbocycles. The lowest BCUT2D eigenvalue weighted by Gasteiger charge is -2.03. The van der Waals surface area contributed by atoms with E-state index in [9.17, 15) is 4.79 Å². The molecule has 1 aromatic heterocycles. The first kappa shape index (κ1) is 11.8. The first-order valence-electron chi connectivity index (χ1n) is 5.01. The van der Waals surface area contributed by atoms with Crippen LogP contribution >= 0.6 is 15.9 Å². The van der Waals surface area contributed by atoms with E-state index in [2.05, 4.69) is 20.9 Å². The van der Waals surface area contributed by atoms with E-state index >= 15 is 0 Å². The van der Waals surface area contributed by atoms with Crippen molar-refractivity contribution in [1.82, 2.24) is 4.98 Å². The van der Waals surface area contributed by atoms with Gasteiger partial charge in [0.15, 0.2) is 5.78 Å². The van der Waals surface area contributed by atoms with Gasteiger partial charge >= 0.3 is 0 Å². The maximum atomic E-state index is 12.1. The van der Waals surface area contributed by atoms with E-state index in [0.29, 0.717) is 17.0 Å². The lowest BCUT2D eigenvalue weighted by Crippen LogP contribution is -2.02. The second-order valence-electron chi connectivity index (χ2n) is 3.42. The van der Waals surface area contributed by atoms with Crippen molar-refractivity contribution in [3.05, 3.63) is 58.2 Å². The fraction of sp³-hybridized carbons (Fsp3) is 0.0769. The number of hydrogen-bond donors (Lipinski definition) is 0. The highest BCUT2D eigenvalue weighted by molar-refractivity contribution is 9.10. The van der Waals surface area contributed by atoms with Crippen LogP contribution in [0.3, 0.4) is 0 Å². The molecular weight excluding hydrogens is 282 g/mol. The van der Waals surface area contributed by atoms with Gasteiger partial charge in [0.05, 0.1) is 7.11 Å². The highest BCUT2D eigenvalue weighted by atomic mass is 79.9. The Labute approximate surface area is 108 Å². The molecular formula is C13H10BrNO2. The number of carbonyl (C=O) groups excluding carboxylic acids is 1. The molecule has 0 bridgehead atoms. The van der Waals surface area contributed by atoms with E-state index in [4.69, 9.17) is 4.74 Å². The molecule has 0 fully saturated rings. The summed E-state index contributed by atoms with van der Waals surface area (Å²) in [5.41, 5.74) is 1.21. The van der Waals surface area contributed by atoms with Gasteiger partial charge in [-0.1, -0.05) is 15.9 Å². The monoisotopic (exact) mass is 291 g/mol. The third kappa shape index (κ3) is 2.71. The zero-order chi connectivity index (χ0) is 12.3. The number of halogens is 1. The molecule has 2 aromatic rings. The minimum absolute atomic E-state index is 0.0433. The fourth-order valence-corrected chi connectivity index (χ4v) is 1.69. The van der Waals surface area contributed by atoms with Crippen LogP contribution in [0.2, 0.25) is 0 Å². The van der Waals surface area contributed by atoms with E-state index < -0.39 is 0 Å². The summed E-state index contributed by atoms with van der Waals surface area (Å²) in [5.74, 6) is 0.395. The molecule has 0 unspecified atom stereocenters. The molecule has 0 aliphatic carbocycles. The Hall–Kier alpha value is -1.68. The average Bonchev–Trinajstić information content (AvgIpc) is 2.39. The summed E-state index contributed by atoms with van der Waals surface area (Å²) in [4.78, 5) is 16.1. The highest BCUT2D eigenvalue weighted by Gasteiger charge is 2.09. The second kappa shape index (κ2) is 5.10. The lowest BCUT2D eigenvalue weighted by molar-refractivity contribution is 0.103. The SMILES string of the molecule is COc1cc(C(=O)c2ccc(Br)cc2)ccn1. The first-order valence-corrected chi connectivity index (χ1v) is 5.80. The molecule has 0 aliphatic rings. The minimum Gasteiger partial charge on any atom is -0.481 e. The van der Waals surface area contributed by atoms with E-state index in [1.54, 1.807) is 30.5 Å². The number of methoxy groups -OCH3 is 1. The van der Waals surface area contributed by atoms with Crippen LogP contribution in [0.4, 0.5) is 0 Å². The van der Waals surface area contributed by atoms with Gasteiger partial charge in [0.25, 0.3) is 0 Å². The zero-order valence-electron chi connectivity index (χ0n) is 9.18. The number of hydrogen-bond acceptors (Lipinski definition) is 3. The largest absolute Gasteiger partial charge is 0.481 e. The molecule has 1 heterocycles. The molecule has 3 nitrogen and oxygen atoms in total. The van der Waals surface area contributed by atoms with Gasteiger partial charge in [0.1, 0.15) is 0 Å². The number of aromatic nitrogens is 1.